The molecule has 142 valence electrons. The molecule has 1 aromatic heterocycles. The number of carbonyl (C=O) groups excluding carboxylic acids is 1. The van der Waals surface area contributed by atoms with Crippen LogP contribution in [0.4, 0.5) is 0 Å². The lowest BCUT2D eigenvalue weighted by Crippen LogP contribution is -2.29. The summed E-state index contributed by atoms with van der Waals surface area (Å²) in [6.45, 7) is 2.74. The van der Waals surface area contributed by atoms with E-state index in [1.165, 1.54) is 0 Å². The Morgan fingerprint density at radius 2 is 2.00 bits per heavy atom. The molecule has 0 aliphatic rings. The van der Waals surface area contributed by atoms with Crippen LogP contribution in [0.25, 0.3) is 11.0 Å². The number of hydrogen-bond acceptors (Lipinski definition) is 4. The third-order valence-electron chi connectivity index (χ3n) is 4.24. The molecule has 0 saturated heterocycles. The molecule has 2 aromatic carbocycles. The van der Waals surface area contributed by atoms with Crippen molar-refractivity contribution in [3.8, 4) is 5.75 Å². The molecule has 1 amide bonds. The van der Waals surface area contributed by atoms with Crippen molar-refractivity contribution in [2.45, 2.75) is 25.8 Å². The highest BCUT2D eigenvalue weighted by Gasteiger charge is 2.19. The number of fused-ring (bicyclic) bond motifs is 1. The Labute approximate surface area is 163 Å². The molecule has 0 saturated carbocycles. The Kier molecular flexibility index (Phi) is 6.76. The fourth-order valence-electron chi connectivity index (χ4n) is 2.81. The molecule has 1 unspecified atom stereocenters. The van der Waals surface area contributed by atoms with E-state index in [0.29, 0.717) is 12.2 Å². The van der Waals surface area contributed by atoms with Gasteiger partial charge in [-0.1, -0.05) is 19.1 Å². The van der Waals surface area contributed by atoms with Crippen LogP contribution in [0.5, 0.6) is 5.75 Å². The highest BCUT2D eigenvalue weighted by Crippen LogP contribution is 2.21. The van der Waals surface area contributed by atoms with Gasteiger partial charge in [0.05, 0.1) is 23.7 Å². The molecule has 2 N–H and O–H groups in total. The lowest BCUT2D eigenvalue weighted by Gasteiger charge is -2.16. The van der Waals surface area contributed by atoms with Gasteiger partial charge in [-0.3, -0.25) is 4.79 Å². The molecular formula is C21H25N3O2S. The highest BCUT2D eigenvalue weighted by atomic mass is 32.2. The summed E-state index contributed by atoms with van der Waals surface area (Å²) in [5.41, 5.74) is 2.51. The van der Waals surface area contributed by atoms with E-state index in [0.717, 1.165) is 41.2 Å². The standard InChI is InChI=1S/C21H25N3O2S/c1-3-13-26-16-10-8-15(9-11-16)21(25)24-19(12-14-27-2)20-22-17-6-4-5-7-18(17)23-20/h4-11,19H,3,12-14H2,1-2H3,(H,22,23)(H,24,25). The predicted molar refractivity (Wildman–Crippen MR) is 112 cm³/mol. The first kappa shape index (κ1) is 19.3. The van der Waals surface area contributed by atoms with Crippen molar-refractivity contribution < 1.29 is 9.53 Å². The van der Waals surface area contributed by atoms with Crippen molar-refractivity contribution >= 4 is 28.7 Å². The van der Waals surface area contributed by atoms with Crippen LogP contribution in [0.15, 0.2) is 48.5 Å². The van der Waals surface area contributed by atoms with Crippen LogP contribution >= 0.6 is 11.8 Å². The second-order valence-electron chi connectivity index (χ2n) is 6.32. The van der Waals surface area contributed by atoms with E-state index in [2.05, 4.69) is 28.5 Å². The summed E-state index contributed by atoms with van der Waals surface area (Å²) in [6.07, 6.45) is 3.83. The van der Waals surface area contributed by atoms with E-state index in [9.17, 15) is 4.79 Å². The number of para-hydroxylation sites is 2. The first-order valence-electron chi connectivity index (χ1n) is 9.18. The quantitative estimate of drug-likeness (QED) is 0.568. The van der Waals surface area contributed by atoms with Gasteiger partial charge >= 0.3 is 0 Å². The fourth-order valence-corrected chi connectivity index (χ4v) is 3.29. The van der Waals surface area contributed by atoms with Crippen LogP contribution in [0, 0.1) is 0 Å². The van der Waals surface area contributed by atoms with E-state index in [1.807, 2.05) is 36.4 Å². The Hall–Kier alpha value is -2.47. The molecule has 1 heterocycles. The van der Waals surface area contributed by atoms with Crippen molar-refractivity contribution in [2.75, 3.05) is 18.6 Å². The lowest BCUT2D eigenvalue weighted by atomic mass is 10.1. The molecular weight excluding hydrogens is 358 g/mol. The first-order valence-corrected chi connectivity index (χ1v) is 10.6. The Balaban J connectivity index is 1.74. The molecule has 0 bridgehead atoms. The molecule has 0 aliphatic heterocycles. The van der Waals surface area contributed by atoms with Gasteiger partial charge in [0.1, 0.15) is 11.6 Å². The van der Waals surface area contributed by atoms with Gasteiger partial charge in [0.25, 0.3) is 5.91 Å². The Morgan fingerprint density at radius 3 is 2.70 bits per heavy atom. The van der Waals surface area contributed by atoms with Crippen molar-refractivity contribution in [3.05, 3.63) is 59.9 Å². The molecule has 27 heavy (non-hydrogen) atoms. The second kappa shape index (κ2) is 9.46. The normalized spacial score (nSPS) is 12.1. The number of thioether (sulfide) groups is 1. The molecule has 0 aliphatic carbocycles. The molecule has 6 heteroatoms. The zero-order valence-corrected chi connectivity index (χ0v) is 16.5. The first-order chi connectivity index (χ1) is 13.2. The maximum atomic E-state index is 12.7. The SMILES string of the molecule is CCCOc1ccc(C(=O)NC(CCSC)c2nc3ccccc3[nH]2)cc1. The maximum absolute atomic E-state index is 12.7. The summed E-state index contributed by atoms with van der Waals surface area (Å²) in [6, 6.07) is 15.0. The van der Waals surface area contributed by atoms with Crippen molar-refractivity contribution in [3.63, 3.8) is 0 Å². The number of rotatable bonds is 9. The zero-order valence-electron chi connectivity index (χ0n) is 15.7. The summed E-state index contributed by atoms with van der Waals surface area (Å²) in [5.74, 6) is 2.40. The van der Waals surface area contributed by atoms with Gasteiger partial charge in [0.15, 0.2) is 0 Å². The van der Waals surface area contributed by atoms with Crippen LogP contribution in [0.1, 0.15) is 42.0 Å². The van der Waals surface area contributed by atoms with Crippen LogP contribution < -0.4 is 10.1 Å². The topological polar surface area (TPSA) is 67.0 Å². The number of carbonyl (C=O) groups is 1. The average Bonchev–Trinajstić information content (AvgIpc) is 3.14. The monoisotopic (exact) mass is 383 g/mol. The minimum Gasteiger partial charge on any atom is -0.494 e. The molecule has 0 radical (unpaired) electrons. The number of aromatic amines is 1. The number of imidazole rings is 1. The van der Waals surface area contributed by atoms with Gasteiger partial charge in [-0.15, -0.1) is 0 Å². The highest BCUT2D eigenvalue weighted by molar-refractivity contribution is 7.98. The number of amides is 1. The zero-order chi connectivity index (χ0) is 19.1. The maximum Gasteiger partial charge on any atom is 0.251 e. The Bertz CT molecular complexity index is 844. The summed E-state index contributed by atoms with van der Waals surface area (Å²) in [5, 5.41) is 3.12. The van der Waals surface area contributed by atoms with Crippen LogP contribution in [-0.2, 0) is 0 Å². The molecule has 0 spiro atoms. The van der Waals surface area contributed by atoms with E-state index < -0.39 is 0 Å². The number of H-pyrrole nitrogens is 1. The average molecular weight is 384 g/mol. The summed E-state index contributed by atoms with van der Waals surface area (Å²) < 4.78 is 5.58. The van der Waals surface area contributed by atoms with Crippen molar-refractivity contribution in [2.24, 2.45) is 0 Å². The molecule has 5 nitrogen and oxygen atoms in total. The van der Waals surface area contributed by atoms with Crippen molar-refractivity contribution in [1.82, 2.24) is 15.3 Å². The van der Waals surface area contributed by atoms with E-state index >= 15 is 0 Å². The number of hydrogen-bond donors (Lipinski definition) is 2. The van der Waals surface area contributed by atoms with Crippen molar-refractivity contribution in [1.29, 1.82) is 0 Å². The lowest BCUT2D eigenvalue weighted by molar-refractivity contribution is 0.0934. The van der Waals surface area contributed by atoms with E-state index in [-0.39, 0.29) is 11.9 Å². The van der Waals surface area contributed by atoms with Crippen LogP contribution in [0.2, 0.25) is 0 Å². The number of nitrogens with one attached hydrogen (secondary N) is 2. The molecule has 3 rings (SSSR count). The van der Waals surface area contributed by atoms with Gasteiger partial charge < -0.3 is 15.0 Å². The van der Waals surface area contributed by atoms with Gasteiger partial charge in [0, 0.05) is 5.56 Å². The van der Waals surface area contributed by atoms with Gasteiger partial charge in [-0.05, 0) is 61.2 Å². The fraction of sp³-hybridized carbons (Fsp3) is 0.333. The number of nitrogens with zero attached hydrogens (tertiary/aromatic N) is 1. The number of ether oxygens (including phenoxy) is 1. The third-order valence-corrected chi connectivity index (χ3v) is 4.89. The van der Waals surface area contributed by atoms with Gasteiger partial charge in [0.2, 0.25) is 0 Å². The number of benzene rings is 2. The minimum atomic E-state index is -0.159. The van der Waals surface area contributed by atoms with Crippen LogP contribution in [0.3, 0.4) is 0 Å². The predicted octanol–water partition coefficient (Wildman–Crippen LogP) is 4.58. The minimum absolute atomic E-state index is 0.108. The Morgan fingerprint density at radius 1 is 1.22 bits per heavy atom. The smallest absolute Gasteiger partial charge is 0.251 e. The summed E-state index contributed by atoms with van der Waals surface area (Å²) in [4.78, 5) is 20.7. The molecule has 3 aromatic rings. The second-order valence-corrected chi connectivity index (χ2v) is 7.31. The third kappa shape index (κ3) is 5.04. The molecule has 1 atom stereocenters. The largest absolute Gasteiger partial charge is 0.494 e. The van der Waals surface area contributed by atoms with Crippen LogP contribution in [-0.4, -0.2) is 34.5 Å². The summed E-state index contributed by atoms with van der Waals surface area (Å²) >= 11 is 1.75. The van der Waals surface area contributed by atoms with E-state index in [4.69, 9.17) is 4.74 Å². The van der Waals surface area contributed by atoms with E-state index in [1.54, 1.807) is 23.9 Å². The molecule has 0 fully saturated rings. The van der Waals surface area contributed by atoms with Gasteiger partial charge in [-0.25, -0.2) is 4.98 Å². The van der Waals surface area contributed by atoms with Gasteiger partial charge in [-0.2, -0.15) is 11.8 Å². The summed E-state index contributed by atoms with van der Waals surface area (Å²) in [7, 11) is 0. The number of aromatic nitrogens is 2.